The van der Waals surface area contributed by atoms with E-state index in [1.165, 1.54) is 6.07 Å². The van der Waals surface area contributed by atoms with Gasteiger partial charge in [0.1, 0.15) is 18.2 Å². The minimum Gasteiger partial charge on any atom is -0.370 e. The molecule has 0 unspecified atom stereocenters. The second kappa shape index (κ2) is 9.90. The third-order valence-corrected chi connectivity index (χ3v) is 6.91. The number of carbonyl (C=O) groups excluding carboxylic acids is 1. The lowest BCUT2D eigenvalue weighted by molar-refractivity contribution is -0.140. The van der Waals surface area contributed by atoms with E-state index in [0.717, 1.165) is 23.4 Å². The molecular formula is C25H26FN7O2. The number of aryl methyl sites for hydroxylation is 1. The fourth-order valence-electron chi connectivity index (χ4n) is 4.92. The first-order valence-electron chi connectivity index (χ1n) is 11.7. The third kappa shape index (κ3) is 4.78. The van der Waals surface area contributed by atoms with E-state index in [4.69, 9.17) is 4.74 Å². The first-order chi connectivity index (χ1) is 17.0. The van der Waals surface area contributed by atoms with Crippen molar-refractivity contribution < 1.29 is 13.9 Å². The van der Waals surface area contributed by atoms with Crippen molar-refractivity contribution in [1.29, 1.82) is 5.26 Å². The number of nitrogens with zero attached hydrogens (tertiary/aromatic N) is 7. The molecule has 0 saturated carbocycles. The predicted molar refractivity (Wildman–Crippen MR) is 124 cm³/mol. The molecule has 5 rings (SSSR count). The summed E-state index contributed by atoms with van der Waals surface area (Å²) in [6.07, 6.45) is 2.40. The number of halogens is 1. The lowest BCUT2D eigenvalue weighted by Gasteiger charge is -2.46. The zero-order chi connectivity index (χ0) is 24.4. The van der Waals surface area contributed by atoms with Crippen LogP contribution < -0.4 is 0 Å². The van der Waals surface area contributed by atoms with Crippen molar-refractivity contribution >= 4 is 5.91 Å². The maximum Gasteiger partial charge on any atom is 0.223 e. The van der Waals surface area contributed by atoms with Crippen LogP contribution in [0.2, 0.25) is 0 Å². The second-order valence-electron chi connectivity index (χ2n) is 8.98. The van der Waals surface area contributed by atoms with Crippen LogP contribution in [0.5, 0.6) is 0 Å². The minimum atomic E-state index is -0.503. The molecule has 1 amide bonds. The van der Waals surface area contributed by atoms with Crippen molar-refractivity contribution in [2.24, 2.45) is 0 Å². The SMILES string of the molecule is Cc1c([C@H]2CN3CCN(C(=O)CCc4cccc(-n5cnnn5)c4)C[C@H]3CO2)ccc(F)c1C#N. The highest BCUT2D eigenvalue weighted by molar-refractivity contribution is 5.76. The van der Waals surface area contributed by atoms with Gasteiger partial charge in [0.2, 0.25) is 5.91 Å². The lowest BCUT2D eigenvalue weighted by atomic mass is 9.96. The summed E-state index contributed by atoms with van der Waals surface area (Å²) in [5.74, 6) is -0.371. The van der Waals surface area contributed by atoms with Crippen LogP contribution in [0, 0.1) is 24.1 Å². The van der Waals surface area contributed by atoms with Gasteiger partial charge in [-0.25, -0.2) is 9.07 Å². The highest BCUT2D eigenvalue weighted by Crippen LogP contribution is 2.31. The van der Waals surface area contributed by atoms with E-state index in [0.29, 0.717) is 44.6 Å². The van der Waals surface area contributed by atoms with E-state index in [1.807, 2.05) is 35.2 Å². The Bertz CT molecular complexity index is 1260. The van der Waals surface area contributed by atoms with Crippen molar-refractivity contribution in [2.45, 2.75) is 31.9 Å². The van der Waals surface area contributed by atoms with E-state index in [9.17, 15) is 14.4 Å². The Hall–Kier alpha value is -3.68. The van der Waals surface area contributed by atoms with Crippen molar-refractivity contribution in [3.05, 3.63) is 70.8 Å². The van der Waals surface area contributed by atoms with Gasteiger partial charge in [0, 0.05) is 32.6 Å². The van der Waals surface area contributed by atoms with E-state index < -0.39 is 5.82 Å². The van der Waals surface area contributed by atoms with Crippen LogP contribution in [0.1, 0.15) is 34.8 Å². The fourth-order valence-corrected chi connectivity index (χ4v) is 4.92. The van der Waals surface area contributed by atoms with Crippen molar-refractivity contribution in [3.8, 4) is 11.8 Å². The van der Waals surface area contributed by atoms with E-state index in [1.54, 1.807) is 24.0 Å². The summed E-state index contributed by atoms with van der Waals surface area (Å²) in [6, 6.07) is 13.0. The number of hydrogen-bond acceptors (Lipinski definition) is 7. The number of piperazine rings is 1. The summed E-state index contributed by atoms with van der Waals surface area (Å²) in [6.45, 7) is 4.97. The summed E-state index contributed by atoms with van der Waals surface area (Å²) < 4.78 is 21.6. The van der Waals surface area contributed by atoms with Gasteiger partial charge in [-0.1, -0.05) is 18.2 Å². The maximum atomic E-state index is 13.9. The molecule has 2 fully saturated rings. The largest absolute Gasteiger partial charge is 0.370 e. The van der Waals surface area contributed by atoms with Crippen molar-refractivity contribution in [2.75, 3.05) is 32.8 Å². The third-order valence-electron chi connectivity index (χ3n) is 6.91. The first kappa shape index (κ1) is 23.1. The van der Waals surface area contributed by atoms with Gasteiger partial charge >= 0.3 is 0 Å². The fraction of sp³-hybridized carbons (Fsp3) is 0.400. The number of carbonyl (C=O) groups is 1. The van der Waals surface area contributed by atoms with Gasteiger partial charge in [-0.05, 0) is 58.7 Å². The van der Waals surface area contributed by atoms with Gasteiger partial charge in [0.15, 0.2) is 0 Å². The molecule has 2 aliphatic rings. The number of benzene rings is 2. The zero-order valence-electron chi connectivity index (χ0n) is 19.5. The summed E-state index contributed by atoms with van der Waals surface area (Å²) in [5, 5.41) is 20.5. The first-order valence-corrected chi connectivity index (χ1v) is 11.7. The molecule has 0 N–H and O–H groups in total. The monoisotopic (exact) mass is 475 g/mol. The Kier molecular flexibility index (Phi) is 6.53. The molecule has 2 atom stereocenters. The molecule has 0 spiro atoms. The molecule has 35 heavy (non-hydrogen) atoms. The average molecular weight is 476 g/mol. The maximum absolute atomic E-state index is 13.9. The predicted octanol–water partition coefficient (Wildman–Crippen LogP) is 2.20. The number of tetrazole rings is 1. The zero-order valence-corrected chi connectivity index (χ0v) is 19.5. The molecule has 180 valence electrons. The van der Waals surface area contributed by atoms with Crippen LogP contribution in [0.3, 0.4) is 0 Å². The van der Waals surface area contributed by atoms with Gasteiger partial charge in [-0.2, -0.15) is 5.26 Å². The van der Waals surface area contributed by atoms with Crippen molar-refractivity contribution in [3.63, 3.8) is 0 Å². The smallest absolute Gasteiger partial charge is 0.223 e. The summed E-state index contributed by atoms with van der Waals surface area (Å²) in [4.78, 5) is 17.2. The second-order valence-corrected chi connectivity index (χ2v) is 8.98. The van der Waals surface area contributed by atoms with Crippen LogP contribution in [-0.2, 0) is 16.0 Å². The molecule has 10 heteroatoms. The van der Waals surface area contributed by atoms with Gasteiger partial charge in [0.05, 0.1) is 30.0 Å². The summed E-state index contributed by atoms with van der Waals surface area (Å²) in [5.41, 5.74) is 3.48. The topological polar surface area (TPSA) is 100 Å². The van der Waals surface area contributed by atoms with E-state index in [2.05, 4.69) is 20.4 Å². The Balaban J connectivity index is 1.17. The van der Waals surface area contributed by atoms with Crippen LogP contribution in [0.15, 0.2) is 42.7 Å². The molecule has 3 aromatic rings. The number of rotatable bonds is 5. The van der Waals surface area contributed by atoms with Crippen LogP contribution >= 0.6 is 0 Å². The number of fused-ring (bicyclic) bond motifs is 1. The number of amides is 1. The molecular weight excluding hydrogens is 449 g/mol. The molecule has 3 heterocycles. The average Bonchev–Trinajstić information content (AvgIpc) is 3.42. The molecule has 2 aromatic carbocycles. The molecule has 2 aliphatic heterocycles. The number of morpholine rings is 1. The normalized spacial score (nSPS) is 20.3. The highest BCUT2D eigenvalue weighted by Gasteiger charge is 2.36. The quantitative estimate of drug-likeness (QED) is 0.558. The molecule has 0 radical (unpaired) electrons. The van der Waals surface area contributed by atoms with Gasteiger partial charge < -0.3 is 9.64 Å². The Morgan fingerprint density at radius 3 is 2.94 bits per heavy atom. The molecule has 1 aromatic heterocycles. The Morgan fingerprint density at radius 2 is 2.14 bits per heavy atom. The minimum absolute atomic E-state index is 0.0760. The number of nitriles is 1. The van der Waals surface area contributed by atoms with Gasteiger partial charge in [0.25, 0.3) is 0 Å². The summed E-state index contributed by atoms with van der Waals surface area (Å²) in [7, 11) is 0. The highest BCUT2D eigenvalue weighted by atomic mass is 19.1. The van der Waals surface area contributed by atoms with Crippen LogP contribution in [0.4, 0.5) is 4.39 Å². The molecule has 9 nitrogen and oxygen atoms in total. The van der Waals surface area contributed by atoms with Gasteiger partial charge in [-0.3, -0.25) is 9.69 Å². The number of hydrogen-bond donors (Lipinski definition) is 0. The molecule has 0 bridgehead atoms. The van der Waals surface area contributed by atoms with Gasteiger partial charge in [-0.15, -0.1) is 5.10 Å². The Labute approximate surface area is 202 Å². The molecule has 0 aliphatic carbocycles. The summed E-state index contributed by atoms with van der Waals surface area (Å²) >= 11 is 0. The lowest BCUT2D eigenvalue weighted by Crippen LogP contribution is -2.59. The van der Waals surface area contributed by atoms with Crippen LogP contribution in [0.25, 0.3) is 5.69 Å². The van der Waals surface area contributed by atoms with Crippen molar-refractivity contribution in [1.82, 2.24) is 30.0 Å². The number of ether oxygens (including phenoxy) is 1. The van der Waals surface area contributed by atoms with E-state index >= 15 is 0 Å². The standard InChI is InChI=1S/C25H26FN7O2/c1-17-21(6-7-23(26)22(17)12-27)24-14-31-9-10-32(13-20(31)15-35-24)25(34)8-5-18-3-2-4-19(11-18)33-16-28-29-30-33/h2-4,6-7,11,16,20,24H,5,8-10,13-15H2,1H3/t20-,24+/m0/s1. The van der Waals surface area contributed by atoms with E-state index in [-0.39, 0.29) is 23.6 Å². The van der Waals surface area contributed by atoms with Crippen LogP contribution in [-0.4, -0.2) is 74.7 Å². The Morgan fingerprint density at radius 1 is 1.26 bits per heavy atom. The number of aromatic nitrogens is 4. The molecule has 2 saturated heterocycles.